The summed E-state index contributed by atoms with van der Waals surface area (Å²) in [6, 6.07) is 13.7. The molecule has 0 spiro atoms. The summed E-state index contributed by atoms with van der Waals surface area (Å²) in [5.74, 6) is 0.298. The van der Waals surface area contributed by atoms with Gasteiger partial charge in [0.2, 0.25) is 0 Å². The molecule has 0 aliphatic carbocycles. The molecule has 138 valence electrons. The number of carbonyl (C=O) groups is 1. The van der Waals surface area contributed by atoms with E-state index in [0.29, 0.717) is 11.5 Å². The Bertz CT molecular complexity index is 934. The fraction of sp³-hybridized carbons (Fsp3) is 0.190. The molecule has 1 aromatic heterocycles. The zero-order valence-electron chi connectivity index (χ0n) is 15.9. The summed E-state index contributed by atoms with van der Waals surface area (Å²) < 4.78 is 0. The Labute approximate surface area is 159 Å². The third kappa shape index (κ3) is 4.61. The lowest BCUT2D eigenvalue weighted by Gasteiger charge is -2.13. The highest BCUT2D eigenvalue weighted by Crippen LogP contribution is 2.20. The number of aryl methyl sites for hydroxylation is 2. The molecule has 27 heavy (non-hydrogen) atoms. The Morgan fingerprint density at radius 3 is 2.30 bits per heavy atom. The van der Waals surface area contributed by atoms with E-state index in [0.717, 1.165) is 16.9 Å². The minimum atomic E-state index is -0.293. The predicted octanol–water partition coefficient (Wildman–Crippen LogP) is 4.16. The minimum Gasteiger partial charge on any atom is -0.378 e. The number of aromatic nitrogens is 2. The maximum atomic E-state index is 12.3. The first kappa shape index (κ1) is 18.4. The number of carbonyl (C=O) groups excluding carboxylic acids is 1. The quantitative estimate of drug-likeness (QED) is 0.714. The molecule has 3 rings (SSSR count). The van der Waals surface area contributed by atoms with Crippen molar-refractivity contribution >= 4 is 28.8 Å². The molecular formula is C21H23N5O. The van der Waals surface area contributed by atoms with Gasteiger partial charge in [-0.3, -0.25) is 4.79 Å². The van der Waals surface area contributed by atoms with E-state index in [9.17, 15) is 4.79 Å². The number of amides is 1. The molecule has 0 fully saturated rings. The normalized spacial score (nSPS) is 10.4. The lowest BCUT2D eigenvalue weighted by molar-refractivity contribution is 0.102. The second kappa shape index (κ2) is 7.86. The average molecular weight is 361 g/mol. The topological polar surface area (TPSA) is 70.2 Å². The van der Waals surface area contributed by atoms with Gasteiger partial charge in [-0.25, -0.2) is 9.97 Å². The molecule has 6 heteroatoms. The molecule has 0 bridgehead atoms. The summed E-state index contributed by atoms with van der Waals surface area (Å²) in [4.78, 5) is 22.9. The summed E-state index contributed by atoms with van der Waals surface area (Å²) >= 11 is 0. The van der Waals surface area contributed by atoms with Crippen LogP contribution in [0.15, 0.2) is 54.9 Å². The number of hydrogen-bond donors (Lipinski definition) is 2. The van der Waals surface area contributed by atoms with Gasteiger partial charge in [0.1, 0.15) is 11.5 Å². The lowest BCUT2D eigenvalue weighted by Crippen LogP contribution is -2.14. The summed E-state index contributed by atoms with van der Waals surface area (Å²) in [7, 11) is 3.94. The van der Waals surface area contributed by atoms with Crippen LogP contribution in [0.3, 0.4) is 0 Å². The Morgan fingerprint density at radius 2 is 1.70 bits per heavy atom. The van der Waals surface area contributed by atoms with E-state index in [2.05, 4.69) is 33.6 Å². The van der Waals surface area contributed by atoms with Crippen LogP contribution in [0.4, 0.5) is 22.9 Å². The monoisotopic (exact) mass is 361 g/mol. The second-order valence-electron chi connectivity index (χ2n) is 6.63. The van der Waals surface area contributed by atoms with Crippen LogP contribution in [-0.4, -0.2) is 30.0 Å². The molecule has 2 aromatic carbocycles. The molecule has 0 saturated carbocycles. The van der Waals surface area contributed by atoms with E-state index in [4.69, 9.17) is 0 Å². The Kier molecular flexibility index (Phi) is 5.35. The molecule has 2 N–H and O–H groups in total. The largest absolute Gasteiger partial charge is 0.378 e. The van der Waals surface area contributed by atoms with Gasteiger partial charge in [0, 0.05) is 31.2 Å². The smallest absolute Gasteiger partial charge is 0.275 e. The van der Waals surface area contributed by atoms with Crippen LogP contribution >= 0.6 is 0 Å². The van der Waals surface area contributed by atoms with Crippen LogP contribution in [0.2, 0.25) is 0 Å². The van der Waals surface area contributed by atoms with Crippen molar-refractivity contribution < 1.29 is 4.79 Å². The van der Waals surface area contributed by atoms with Gasteiger partial charge in [-0.1, -0.05) is 17.7 Å². The molecule has 1 heterocycles. The number of benzene rings is 2. The first-order valence-corrected chi connectivity index (χ1v) is 8.67. The van der Waals surface area contributed by atoms with Crippen LogP contribution in [-0.2, 0) is 0 Å². The van der Waals surface area contributed by atoms with Crippen molar-refractivity contribution in [3.8, 4) is 0 Å². The fourth-order valence-corrected chi connectivity index (χ4v) is 2.64. The van der Waals surface area contributed by atoms with Crippen LogP contribution in [0, 0.1) is 13.8 Å². The fourth-order valence-electron chi connectivity index (χ4n) is 2.64. The van der Waals surface area contributed by atoms with E-state index in [1.165, 1.54) is 11.8 Å². The standard InChI is InChI=1S/C21H23N5O/c1-14-5-10-18(15(2)11-14)25-20-13-22-19(12-23-20)21(27)24-16-6-8-17(9-7-16)26(3)4/h5-13H,1-4H3,(H,23,25)(H,24,27). The number of hydrogen-bond acceptors (Lipinski definition) is 5. The van der Waals surface area contributed by atoms with Crippen molar-refractivity contribution in [2.45, 2.75) is 13.8 Å². The molecule has 0 unspecified atom stereocenters. The molecule has 0 aliphatic rings. The number of anilines is 4. The molecular weight excluding hydrogens is 338 g/mol. The molecule has 0 radical (unpaired) electrons. The summed E-state index contributed by atoms with van der Waals surface area (Å²) in [5, 5.41) is 6.05. The predicted molar refractivity (Wildman–Crippen MR) is 110 cm³/mol. The molecule has 6 nitrogen and oxygen atoms in total. The van der Waals surface area contributed by atoms with E-state index >= 15 is 0 Å². The SMILES string of the molecule is Cc1ccc(Nc2cnc(C(=O)Nc3ccc(N(C)C)cc3)cn2)c(C)c1. The summed E-state index contributed by atoms with van der Waals surface area (Å²) in [6.07, 6.45) is 3.03. The van der Waals surface area contributed by atoms with Gasteiger partial charge >= 0.3 is 0 Å². The van der Waals surface area contributed by atoms with E-state index in [1.54, 1.807) is 6.20 Å². The Balaban J connectivity index is 1.66. The van der Waals surface area contributed by atoms with Gasteiger partial charge in [0.25, 0.3) is 5.91 Å². The third-order valence-electron chi connectivity index (χ3n) is 4.17. The first-order valence-electron chi connectivity index (χ1n) is 8.67. The maximum Gasteiger partial charge on any atom is 0.275 e. The van der Waals surface area contributed by atoms with Crippen LogP contribution in [0.25, 0.3) is 0 Å². The van der Waals surface area contributed by atoms with Crippen molar-refractivity contribution in [2.24, 2.45) is 0 Å². The average Bonchev–Trinajstić information content (AvgIpc) is 2.65. The van der Waals surface area contributed by atoms with E-state index in [-0.39, 0.29) is 11.6 Å². The van der Waals surface area contributed by atoms with Gasteiger partial charge in [-0.15, -0.1) is 0 Å². The second-order valence-corrected chi connectivity index (χ2v) is 6.63. The molecule has 0 aliphatic heterocycles. The molecule has 1 amide bonds. The highest BCUT2D eigenvalue weighted by Gasteiger charge is 2.09. The number of nitrogens with zero attached hydrogens (tertiary/aromatic N) is 3. The van der Waals surface area contributed by atoms with Gasteiger partial charge in [0.05, 0.1) is 12.4 Å². The molecule has 0 atom stereocenters. The molecule has 3 aromatic rings. The van der Waals surface area contributed by atoms with Crippen LogP contribution in [0.1, 0.15) is 21.6 Å². The van der Waals surface area contributed by atoms with Gasteiger partial charge < -0.3 is 15.5 Å². The van der Waals surface area contributed by atoms with Crippen molar-refractivity contribution in [3.63, 3.8) is 0 Å². The van der Waals surface area contributed by atoms with E-state index < -0.39 is 0 Å². The summed E-state index contributed by atoms with van der Waals surface area (Å²) in [5.41, 5.74) is 5.33. The van der Waals surface area contributed by atoms with E-state index in [1.807, 2.05) is 62.3 Å². The maximum absolute atomic E-state index is 12.3. The van der Waals surface area contributed by atoms with Crippen molar-refractivity contribution in [3.05, 3.63) is 71.7 Å². The highest BCUT2D eigenvalue weighted by molar-refractivity contribution is 6.02. The lowest BCUT2D eigenvalue weighted by atomic mass is 10.1. The zero-order chi connectivity index (χ0) is 19.4. The zero-order valence-corrected chi connectivity index (χ0v) is 15.9. The third-order valence-corrected chi connectivity index (χ3v) is 4.17. The van der Waals surface area contributed by atoms with Gasteiger partial charge in [-0.05, 0) is 49.7 Å². The van der Waals surface area contributed by atoms with Gasteiger partial charge in [-0.2, -0.15) is 0 Å². The van der Waals surface area contributed by atoms with Crippen LogP contribution in [0.5, 0.6) is 0 Å². The summed E-state index contributed by atoms with van der Waals surface area (Å²) in [6.45, 7) is 4.09. The first-order chi connectivity index (χ1) is 12.9. The van der Waals surface area contributed by atoms with Gasteiger partial charge in [0.15, 0.2) is 0 Å². The highest BCUT2D eigenvalue weighted by atomic mass is 16.1. The van der Waals surface area contributed by atoms with Crippen molar-refractivity contribution in [1.29, 1.82) is 0 Å². The number of nitrogens with one attached hydrogen (secondary N) is 2. The van der Waals surface area contributed by atoms with Crippen LogP contribution < -0.4 is 15.5 Å². The molecule has 0 saturated heterocycles. The Morgan fingerprint density at radius 1 is 0.963 bits per heavy atom. The minimum absolute atomic E-state index is 0.262. The van der Waals surface area contributed by atoms with Crippen molar-refractivity contribution in [1.82, 2.24) is 9.97 Å². The van der Waals surface area contributed by atoms with Crippen molar-refractivity contribution in [2.75, 3.05) is 29.6 Å². The number of rotatable bonds is 5. The Hall–Kier alpha value is -3.41.